The van der Waals surface area contributed by atoms with Crippen molar-refractivity contribution in [1.29, 1.82) is 0 Å². The molecule has 2 aromatic heterocycles. The highest BCUT2D eigenvalue weighted by atomic mass is 79.9. The molecule has 0 aliphatic rings. The summed E-state index contributed by atoms with van der Waals surface area (Å²) in [5.74, 6) is 0. The average molecular weight is 361 g/mol. The van der Waals surface area contributed by atoms with Gasteiger partial charge in [-0.05, 0) is 69.7 Å². The quantitative estimate of drug-likeness (QED) is 0.680. The second-order valence-electron chi connectivity index (χ2n) is 5.03. The Kier molecular flexibility index (Phi) is 4.68. The summed E-state index contributed by atoms with van der Waals surface area (Å²) in [6.07, 6.45) is 2.96. The lowest BCUT2D eigenvalue weighted by atomic mass is 9.99. The van der Waals surface area contributed by atoms with Crippen LogP contribution in [0.1, 0.15) is 30.5 Å². The Bertz CT molecular complexity index is 738. The minimum absolute atomic E-state index is 0.233. The van der Waals surface area contributed by atoms with Crippen molar-refractivity contribution in [1.82, 2.24) is 10.3 Å². The molecule has 2 nitrogen and oxygen atoms in total. The predicted octanol–water partition coefficient (Wildman–Crippen LogP) is 5.15. The van der Waals surface area contributed by atoms with Crippen LogP contribution in [0.4, 0.5) is 0 Å². The molecule has 21 heavy (non-hydrogen) atoms. The number of rotatable bonds is 5. The summed E-state index contributed by atoms with van der Waals surface area (Å²) in [6, 6.07) is 13.1. The van der Waals surface area contributed by atoms with E-state index in [4.69, 9.17) is 0 Å². The summed E-state index contributed by atoms with van der Waals surface area (Å²) in [5, 5.41) is 7.05. The standard InChI is InChI=1S/C17H17BrN2S/c1-2-7-20-17(14-10-16(18)21-11-14)13-5-6-15-12(9-13)4-3-8-19-15/h3-6,8-11,17,20H,2,7H2,1H3. The first-order chi connectivity index (χ1) is 10.3. The lowest BCUT2D eigenvalue weighted by Gasteiger charge is -2.18. The Labute approximate surface area is 137 Å². The highest BCUT2D eigenvalue weighted by Crippen LogP contribution is 2.30. The first-order valence-electron chi connectivity index (χ1n) is 7.10. The minimum atomic E-state index is 0.233. The number of nitrogens with zero attached hydrogens (tertiary/aromatic N) is 1. The molecule has 0 saturated heterocycles. The topological polar surface area (TPSA) is 24.9 Å². The maximum Gasteiger partial charge on any atom is 0.0702 e. The van der Waals surface area contributed by atoms with E-state index >= 15 is 0 Å². The van der Waals surface area contributed by atoms with Crippen molar-refractivity contribution in [2.75, 3.05) is 6.54 Å². The van der Waals surface area contributed by atoms with Gasteiger partial charge in [0.1, 0.15) is 0 Å². The molecule has 2 heterocycles. The normalized spacial score (nSPS) is 12.7. The van der Waals surface area contributed by atoms with Gasteiger partial charge in [-0.15, -0.1) is 11.3 Å². The monoisotopic (exact) mass is 360 g/mol. The summed E-state index contributed by atoms with van der Waals surface area (Å²) < 4.78 is 1.17. The van der Waals surface area contributed by atoms with Gasteiger partial charge in [0.15, 0.2) is 0 Å². The summed E-state index contributed by atoms with van der Waals surface area (Å²) in [5.41, 5.74) is 3.64. The molecule has 3 aromatic rings. The van der Waals surface area contributed by atoms with Crippen LogP contribution >= 0.6 is 27.3 Å². The van der Waals surface area contributed by atoms with Gasteiger partial charge in [0.25, 0.3) is 0 Å². The highest BCUT2D eigenvalue weighted by Gasteiger charge is 2.15. The fraction of sp³-hybridized carbons (Fsp3) is 0.235. The van der Waals surface area contributed by atoms with Gasteiger partial charge >= 0.3 is 0 Å². The number of pyridine rings is 1. The first-order valence-corrected chi connectivity index (χ1v) is 8.77. The van der Waals surface area contributed by atoms with E-state index in [2.05, 4.69) is 68.9 Å². The van der Waals surface area contributed by atoms with E-state index in [1.165, 1.54) is 20.3 Å². The van der Waals surface area contributed by atoms with Crippen LogP contribution in [-0.2, 0) is 0 Å². The van der Waals surface area contributed by atoms with Crippen molar-refractivity contribution in [3.05, 3.63) is 62.9 Å². The summed E-state index contributed by atoms with van der Waals surface area (Å²) in [7, 11) is 0. The first kappa shape index (κ1) is 14.7. The van der Waals surface area contributed by atoms with E-state index in [0.717, 1.165) is 18.5 Å². The molecule has 0 spiro atoms. The van der Waals surface area contributed by atoms with Crippen molar-refractivity contribution in [2.45, 2.75) is 19.4 Å². The Morgan fingerprint density at radius 2 is 2.14 bits per heavy atom. The average Bonchev–Trinajstić information content (AvgIpc) is 2.94. The third-order valence-corrected chi connectivity index (χ3v) is 5.00. The van der Waals surface area contributed by atoms with E-state index in [0.29, 0.717) is 0 Å². The van der Waals surface area contributed by atoms with E-state index in [1.54, 1.807) is 11.3 Å². The van der Waals surface area contributed by atoms with E-state index in [1.807, 2.05) is 12.3 Å². The van der Waals surface area contributed by atoms with Crippen LogP contribution in [0.15, 0.2) is 51.8 Å². The maximum absolute atomic E-state index is 4.39. The van der Waals surface area contributed by atoms with Crippen molar-refractivity contribution in [3.63, 3.8) is 0 Å². The summed E-state index contributed by atoms with van der Waals surface area (Å²) in [6.45, 7) is 3.20. The summed E-state index contributed by atoms with van der Waals surface area (Å²) >= 11 is 5.29. The van der Waals surface area contributed by atoms with Crippen LogP contribution in [-0.4, -0.2) is 11.5 Å². The van der Waals surface area contributed by atoms with Crippen LogP contribution in [0.3, 0.4) is 0 Å². The van der Waals surface area contributed by atoms with E-state index < -0.39 is 0 Å². The number of benzene rings is 1. The number of hydrogen-bond acceptors (Lipinski definition) is 3. The third-order valence-electron chi connectivity index (χ3n) is 3.48. The molecular formula is C17H17BrN2S. The number of halogens is 1. The molecular weight excluding hydrogens is 344 g/mol. The summed E-state index contributed by atoms with van der Waals surface area (Å²) in [4.78, 5) is 4.39. The molecule has 108 valence electrons. The largest absolute Gasteiger partial charge is 0.306 e. The molecule has 0 amide bonds. The number of nitrogens with one attached hydrogen (secondary N) is 1. The van der Waals surface area contributed by atoms with Crippen molar-refractivity contribution >= 4 is 38.2 Å². The molecule has 0 aliphatic carbocycles. The molecule has 0 bridgehead atoms. The van der Waals surface area contributed by atoms with E-state index in [9.17, 15) is 0 Å². The zero-order valence-corrected chi connectivity index (χ0v) is 14.2. The van der Waals surface area contributed by atoms with E-state index in [-0.39, 0.29) is 6.04 Å². The second-order valence-corrected chi connectivity index (χ2v) is 7.32. The SMILES string of the molecule is CCCNC(c1csc(Br)c1)c1ccc2ncccc2c1. The number of fused-ring (bicyclic) bond motifs is 1. The third kappa shape index (κ3) is 3.34. The molecule has 1 atom stereocenters. The predicted molar refractivity (Wildman–Crippen MR) is 93.9 cm³/mol. The fourth-order valence-electron chi connectivity index (χ4n) is 2.47. The van der Waals surface area contributed by atoms with Crippen LogP contribution in [0.2, 0.25) is 0 Å². The van der Waals surface area contributed by atoms with Gasteiger partial charge in [0, 0.05) is 11.6 Å². The Hall–Kier alpha value is -1.23. The van der Waals surface area contributed by atoms with Crippen LogP contribution in [0.25, 0.3) is 10.9 Å². The van der Waals surface area contributed by atoms with Crippen LogP contribution in [0.5, 0.6) is 0 Å². The highest BCUT2D eigenvalue weighted by molar-refractivity contribution is 9.11. The molecule has 1 unspecified atom stereocenters. The minimum Gasteiger partial charge on any atom is -0.306 e. The smallest absolute Gasteiger partial charge is 0.0702 e. The van der Waals surface area contributed by atoms with Gasteiger partial charge in [-0.3, -0.25) is 4.98 Å². The molecule has 0 fully saturated rings. The molecule has 0 saturated carbocycles. The Balaban J connectivity index is 2.00. The molecule has 1 N–H and O–H groups in total. The second kappa shape index (κ2) is 6.69. The van der Waals surface area contributed by atoms with Gasteiger partial charge in [-0.25, -0.2) is 0 Å². The van der Waals surface area contributed by atoms with Gasteiger partial charge in [0.2, 0.25) is 0 Å². The molecule has 3 rings (SSSR count). The maximum atomic E-state index is 4.39. The van der Waals surface area contributed by atoms with Gasteiger partial charge in [-0.2, -0.15) is 0 Å². The number of hydrogen-bond donors (Lipinski definition) is 1. The lowest BCUT2D eigenvalue weighted by molar-refractivity contribution is 0.600. The molecule has 1 aromatic carbocycles. The van der Waals surface area contributed by atoms with Crippen molar-refractivity contribution in [2.24, 2.45) is 0 Å². The fourth-order valence-corrected chi connectivity index (χ4v) is 3.67. The molecule has 4 heteroatoms. The molecule has 0 aliphatic heterocycles. The number of thiophene rings is 1. The lowest BCUT2D eigenvalue weighted by Crippen LogP contribution is -2.22. The van der Waals surface area contributed by atoms with Crippen LogP contribution < -0.4 is 5.32 Å². The van der Waals surface area contributed by atoms with Gasteiger partial charge in [0.05, 0.1) is 15.3 Å². The van der Waals surface area contributed by atoms with Crippen molar-refractivity contribution < 1.29 is 0 Å². The van der Waals surface area contributed by atoms with Gasteiger partial charge in [-0.1, -0.05) is 19.1 Å². The Morgan fingerprint density at radius 3 is 2.90 bits per heavy atom. The Morgan fingerprint density at radius 1 is 1.24 bits per heavy atom. The molecule has 0 radical (unpaired) electrons. The number of aromatic nitrogens is 1. The zero-order valence-electron chi connectivity index (χ0n) is 11.8. The van der Waals surface area contributed by atoms with Crippen LogP contribution in [0, 0.1) is 0 Å². The van der Waals surface area contributed by atoms with Gasteiger partial charge < -0.3 is 5.32 Å². The van der Waals surface area contributed by atoms with Crippen molar-refractivity contribution in [3.8, 4) is 0 Å². The zero-order chi connectivity index (χ0) is 14.7.